The molecule has 1 atom stereocenters. The highest BCUT2D eigenvalue weighted by atomic mass is 32.2. The largest absolute Gasteiger partial charge is 0.496 e. The maximum Gasteiger partial charge on any atom is 0.252 e. The van der Waals surface area contributed by atoms with Crippen LogP contribution >= 0.6 is 0 Å². The van der Waals surface area contributed by atoms with Crippen molar-refractivity contribution in [2.24, 2.45) is 5.73 Å². The number of hydrogen-bond acceptors (Lipinski definition) is 5. The molecule has 0 unspecified atom stereocenters. The van der Waals surface area contributed by atoms with E-state index in [1.165, 1.54) is 29.6 Å². The Kier molecular flexibility index (Phi) is 5.05. The number of nitrogens with zero attached hydrogens (tertiary/aromatic N) is 1. The Morgan fingerprint density at radius 1 is 1.50 bits per heavy atom. The van der Waals surface area contributed by atoms with Gasteiger partial charge in [-0.15, -0.1) is 0 Å². The Hall–Kier alpha value is -1.64. The number of carbonyl (C=O) groups is 1. The smallest absolute Gasteiger partial charge is 0.252 e. The Morgan fingerprint density at radius 2 is 2.23 bits per heavy atom. The average molecular weight is 328 g/mol. The normalized spacial score (nSPS) is 19.8. The third kappa shape index (κ3) is 3.23. The van der Waals surface area contributed by atoms with Gasteiger partial charge in [0.2, 0.25) is 10.0 Å². The number of ether oxygens (including phenoxy) is 2. The van der Waals surface area contributed by atoms with Gasteiger partial charge in [-0.2, -0.15) is 4.31 Å². The van der Waals surface area contributed by atoms with Crippen LogP contribution in [0.15, 0.2) is 23.1 Å². The summed E-state index contributed by atoms with van der Waals surface area (Å²) in [7, 11) is -2.30. The first-order valence-corrected chi connectivity index (χ1v) is 8.43. The third-order valence-electron chi connectivity index (χ3n) is 3.63. The van der Waals surface area contributed by atoms with Crippen molar-refractivity contribution in [3.8, 4) is 5.75 Å². The molecule has 1 amide bonds. The molecule has 1 aliphatic heterocycles. The zero-order valence-corrected chi connectivity index (χ0v) is 13.4. The highest BCUT2D eigenvalue weighted by Crippen LogP contribution is 2.25. The minimum atomic E-state index is -3.70. The first kappa shape index (κ1) is 16.7. The van der Waals surface area contributed by atoms with Crippen molar-refractivity contribution in [2.75, 3.05) is 26.8 Å². The van der Waals surface area contributed by atoms with E-state index >= 15 is 0 Å². The topological polar surface area (TPSA) is 98.9 Å². The maximum atomic E-state index is 12.7. The summed E-state index contributed by atoms with van der Waals surface area (Å²) in [6, 6.07) is 4.11. The lowest BCUT2D eigenvalue weighted by molar-refractivity contribution is -0.00278. The summed E-state index contributed by atoms with van der Waals surface area (Å²) in [6.45, 7) is 2.89. The summed E-state index contributed by atoms with van der Waals surface area (Å²) < 4.78 is 37.3. The van der Waals surface area contributed by atoms with Gasteiger partial charge in [0.1, 0.15) is 5.75 Å². The lowest BCUT2D eigenvalue weighted by Crippen LogP contribution is -2.45. The highest BCUT2D eigenvalue weighted by molar-refractivity contribution is 7.89. The van der Waals surface area contributed by atoms with Crippen LogP contribution in [0.3, 0.4) is 0 Å². The summed E-state index contributed by atoms with van der Waals surface area (Å²) in [4.78, 5) is 11.5. The molecule has 0 bridgehead atoms. The minimum Gasteiger partial charge on any atom is -0.496 e. The van der Waals surface area contributed by atoms with Gasteiger partial charge in [-0.3, -0.25) is 4.79 Å². The predicted octanol–water partition coefficient (Wildman–Crippen LogP) is 0.594. The second kappa shape index (κ2) is 6.64. The summed E-state index contributed by atoms with van der Waals surface area (Å²) in [6.07, 6.45) is 0.624. The fraction of sp³-hybridized carbons (Fsp3) is 0.500. The molecule has 8 heteroatoms. The van der Waals surface area contributed by atoms with Crippen LogP contribution in [0.25, 0.3) is 0 Å². The Labute approximate surface area is 130 Å². The number of morpholine rings is 1. The van der Waals surface area contributed by atoms with Crippen molar-refractivity contribution in [2.45, 2.75) is 24.3 Å². The van der Waals surface area contributed by atoms with E-state index in [0.717, 1.165) is 6.42 Å². The first-order chi connectivity index (χ1) is 10.4. The molecule has 1 aromatic carbocycles. The number of amides is 1. The van der Waals surface area contributed by atoms with Crippen LogP contribution in [-0.4, -0.2) is 51.5 Å². The van der Waals surface area contributed by atoms with Gasteiger partial charge in [0.15, 0.2) is 0 Å². The van der Waals surface area contributed by atoms with E-state index < -0.39 is 15.9 Å². The minimum absolute atomic E-state index is 0.0267. The third-order valence-corrected chi connectivity index (χ3v) is 5.49. The molecule has 0 radical (unpaired) electrons. The van der Waals surface area contributed by atoms with E-state index in [0.29, 0.717) is 13.2 Å². The molecule has 1 fully saturated rings. The summed E-state index contributed by atoms with van der Waals surface area (Å²) in [5, 5.41) is 0. The Bertz CT molecular complexity index is 659. The number of primary amides is 1. The molecule has 1 heterocycles. The number of sulfonamides is 1. The zero-order valence-electron chi connectivity index (χ0n) is 12.6. The monoisotopic (exact) mass is 328 g/mol. The van der Waals surface area contributed by atoms with Crippen molar-refractivity contribution in [1.82, 2.24) is 4.31 Å². The van der Waals surface area contributed by atoms with E-state index in [9.17, 15) is 13.2 Å². The number of nitrogens with two attached hydrogens (primary N) is 1. The molecular weight excluding hydrogens is 308 g/mol. The second-order valence-electron chi connectivity index (χ2n) is 4.99. The molecule has 2 N–H and O–H groups in total. The van der Waals surface area contributed by atoms with Crippen LogP contribution < -0.4 is 10.5 Å². The van der Waals surface area contributed by atoms with E-state index in [-0.39, 0.29) is 28.9 Å². The van der Waals surface area contributed by atoms with Gasteiger partial charge in [0, 0.05) is 13.1 Å². The fourth-order valence-electron chi connectivity index (χ4n) is 2.35. The average Bonchev–Trinajstić information content (AvgIpc) is 2.54. The molecule has 1 aromatic rings. The summed E-state index contributed by atoms with van der Waals surface area (Å²) in [5.41, 5.74) is 5.32. The highest BCUT2D eigenvalue weighted by Gasteiger charge is 2.30. The number of benzene rings is 1. The molecule has 1 aliphatic rings. The molecular formula is C14H20N2O5S. The molecule has 0 spiro atoms. The van der Waals surface area contributed by atoms with Crippen LogP contribution in [0.2, 0.25) is 0 Å². The predicted molar refractivity (Wildman–Crippen MR) is 80.3 cm³/mol. The van der Waals surface area contributed by atoms with Crippen LogP contribution in [0.4, 0.5) is 0 Å². The summed E-state index contributed by atoms with van der Waals surface area (Å²) in [5.74, 6) is -0.484. The van der Waals surface area contributed by atoms with E-state index in [1.54, 1.807) is 0 Å². The van der Waals surface area contributed by atoms with E-state index in [1.807, 2.05) is 6.92 Å². The van der Waals surface area contributed by atoms with Crippen LogP contribution in [-0.2, 0) is 14.8 Å². The van der Waals surface area contributed by atoms with Crippen molar-refractivity contribution in [3.63, 3.8) is 0 Å². The number of rotatable bonds is 5. The number of methoxy groups -OCH3 is 1. The van der Waals surface area contributed by atoms with Crippen LogP contribution in [0.1, 0.15) is 23.7 Å². The Balaban J connectivity index is 2.37. The zero-order chi connectivity index (χ0) is 16.3. The summed E-state index contributed by atoms with van der Waals surface area (Å²) >= 11 is 0. The van der Waals surface area contributed by atoms with Gasteiger partial charge < -0.3 is 15.2 Å². The van der Waals surface area contributed by atoms with Gasteiger partial charge >= 0.3 is 0 Å². The lowest BCUT2D eigenvalue weighted by Gasteiger charge is -2.31. The maximum absolute atomic E-state index is 12.7. The molecule has 0 aliphatic carbocycles. The number of carbonyl (C=O) groups excluding carboxylic acids is 1. The van der Waals surface area contributed by atoms with Gasteiger partial charge in [-0.1, -0.05) is 6.92 Å². The molecule has 1 saturated heterocycles. The van der Waals surface area contributed by atoms with Crippen molar-refractivity contribution >= 4 is 15.9 Å². The fourth-order valence-corrected chi connectivity index (χ4v) is 3.83. The molecule has 22 heavy (non-hydrogen) atoms. The van der Waals surface area contributed by atoms with Crippen molar-refractivity contribution < 1.29 is 22.7 Å². The molecule has 0 aromatic heterocycles. The molecule has 0 saturated carbocycles. The molecule has 122 valence electrons. The molecule has 7 nitrogen and oxygen atoms in total. The van der Waals surface area contributed by atoms with Crippen molar-refractivity contribution in [1.29, 1.82) is 0 Å². The quantitative estimate of drug-likeness (QED) is 0.853. The number of hydrogen-bond donors (Lipinski definition) is 1. The van der Waals surface area contributed by atoms with Gasteiger partial charge in [-0.25, -0.2) is 8.42 Å². The van der Waals surface area contributed by atoms with E-state index in [4.69, 9.17) is 15.2 Å². The van der Waals surface area contributed by atoms with Crippen LogP contribution in [0.5, 0.6) is 5.75 Å². The van der Waals surface area contributed by atoms with Gasteiger partial charge in [-0.05, 0) is 24.6 Å². The van der Waals surface area contributed by atoms with E-state index in [2.05, 4.69) is 0 Å². The second-order valence-corrected chi connectivity index (χ2v) is 6.93. The van der Waals surface area contributed by atoms with Crippen molar-refractivity contribution in [3.05, 3.63) is 23.8 Å². The van der Waals surface area contributed by atoms with Crippen LogP contribution in [0, 0.1) is 0 Å². The first-order valence-electron chi connectivity index (χ1n) is 6.99. The lowest BCUT2D eigenvalue weighted by atomic mass is 10.2. The Morgan fingerprint density at radius 3 is 2.82 bits per heavy atom. The van der Waals surface area contributed by atoms with Gasteiger partial charge in [0.25, 0.3) is 5.91 Å². The van der Waals surface area contributed by atoms with Gasteiger partial charge in [0.05, 0.1) is 30.3 Å². The molecule has 2 rings (SSSR count). The standard InChI is InChI=1S/C14H20N2O5S/c1-3-10-9-16(6-7-21-10)22(18,19)11-4-5-13(20-2)12(8-11)14(15)17/h4-5,8,10H,3,6-7,9H2,1-2H3,(H2,15,17)/t10-/m0/s1. The SMILES string of the molecule is CC[C@H]1CN(S(=O)(=O)c2ccc(OC)c(C(N)=O)c2)CCO1.